The van der Waals surface area contributed by atoms with Crippen LogP contribution in [-0.2, 0) is 12.2 Å². The number of aromatic nitrogens is 2. The lowest BCUT2D eigenvalue weighted by atomic mass is 9.83. The molecule has 1 aromatic carbocycles. The Kier molecular flexibility index (Phi) is 3.04. The van der Waals surface area contributed by atoms with Gasteiger partial charge in [0.2, 0.25) is 5.79 Å². The molecule has 0 saturated carbocycles. The number of nitrogen functional groups attached to an aromatic ring is 1. The third kappa shape index (κ3) is 2.28. The normalized spacial score (nSPS) is 27.2. The van der Waals surface area contributed by atoms with E-state index in [0.29, 0.717) is 11.6 Å². The molecular formula is C17H23N7. The predicted octanol–water partition coefficient (Wildman–Crippen LogP) is 1.59. The Morgan fingerprint density at radius 2 is 2.08 bits per heavy atom. The number of anilines is 2. The van der Waals surface area contributed by atoms with Crippen LogP contribution in [0.25, 0.3) is 0 Å². The quantitative estimate of drug-likeness (QED) is 0.546. The van der Waals surface area contributed by atoms with E-state index in [2.05, 4.69) is 58.7 Å². The van der Waals surface area contributed by atoms with Gasteiger partial charge in [-0.3, -0.25) is 10.8 Å². The van der Waals surface area contributed by atoms with Crippen molar-refractivity contribution in [1.29, 1.82) is 0 Å². The Bertz CT molecular complexity index is 835. The molecule has 24 heavy (non-hydrogen) atoms. The third-order valence-corrected chi connectivity index (χ3v) is 4.83. The Morgan fingerprint density at radius 3 is 2.88 bits per heavy atom. The zero-order valence-electron chi connectivity index (χ0n) is 14.1. The average molecular weight is 325 g/mol. The molecule has 2 unspecified atom stereocenters. The first-order valence-electron chi connectivity index (χ1n) is 8.14. The number of rotatable bonds is 1. The Hall–Kier alpha value is -2.38. The molecule has 2 aromatic rings. The number of hydrogen-bond donors (Lipinski definition) is 5. The van der Waals surface area contributed by atoms with Gasteiger partial charge in [-0.1, -0.05) is 12.1 Å². The molecule has 0 saturated heterocycles. The molecule has 0 bridgehead atoms. The van der Waals surface area contributed by atoms with E-state index < -0.39 is 5.79 Å². The fourth-order valence-electron chi connectivity index (χ4n) is 3.70. The van der Waals surface area contributed by atoms with Crippen molar-refractivity contribution < 1.29 is 0 Å². The van der Waals surface area contributed by atoms with Crippen LogP contribution in [0.3, 0.4) is 0 Å². The minimum atomic E-state index is -1.05. The Balaban J connectivity index is 1.73. The molecule has 7 N–H and O–H groups in total. The van der Waals surface area contributed by atoms with E-state index in [4.69, 9.17) is 11.5 Å². The van der Waals surface area contributed by atoms with E-state index in [9.17, 15) is 0 Å². The standard InChI is InChI=1S/C17H23N7/c1-9-12-6-11(5-4-10(12)7-16(2,3)21-9)17(19)20-8-13-14(18)23-24-15(13)22-17/h4-6,8-9,21H,7,19H2,1-3H3,(H4,18,22,23,24). The van der Waals surface area contributed by atoms with Crippen molar-refractivity contribution in [3.63, 3.8) is 0 Å². The first-order chi connectivity index (χ1) is 11.3. The summed E-state index contributed by atoms with van der Waals surface area (Å²) in [5.74, 6) is 0.0555. The molecule has 0 aliphatic carbocycles. The van der Waals surface area contributed by atoms with E-state index in [1.54, 1.807) is 6.21 Å². The molecule has 0 radical (unpaired) electrons. The van der Waals surface area contributed by atoms with E-state index in [1.165, 1.54) is 11.1 Å². The Morgan fingerprint density at radius 1 is 1.29 bits per heavy atom. The maximum Gasteiger partial charge on any atom is 0.210 e. The van der Waals surface area contributed by atoms with E-state index in [-0.39, 0.29) is 11.6 Å². The fourth-order valence-corrected chi connectivity index (χ4v) is 3.70. The molecule has 0 amide bonds. The highest BCUT2D eigenvalue weighted by atomic mass is 15.3. The topological polar surface area (TPSA) is 117 Å². The lowest BCUT2D eigenvalue weighted by Gasteiger charge is -2.38. The summed E-state index contributed by atoms with van der Waals surface area (Å²) in [7, 11) is 0. The molecule has 7 nitrogen and oxygen atoms in total. The van der Waals surface area contributed by atoms with Gasteiger partial charge in [-0.25, -0.2) is 4.99 Å². The van der Waals surface area contributed by atoms with Crippen molar-refractivity contribution in [2.24, 2.45) is 10.7 Å². The van der Waals surface area contributed by atoms with Gasteiger partial charge >= 0.3 is 0 Å². The van der Waals surface area contributed by atoms with Gasteiger partial charge in [0.25, 0.3) is 0 Å². The molecule has 126 valence electrons. The van der Waals surface area contributed by atoms with Gasteiger partial charge in [0.05, 0.1) is 5.56 Å². The highest BCUT2D eigenvalue weighted by Crippen LogP contribution is 2.35. The van der Waals surface area contributed by atoms with Crippen LogP contribution in [0.15, 0.2) is 23.2 Å². The van der Waals surface area contributed by atoms with Crippen LogP contribution in [0.2, 0.25) is 0 Å². The summed E-state index contributed by atoms with van der Waals surface area (Å²) in [6, 6.07) is 6.59. The number of nitrogens with two attached hydrogens (primary N) is 2. The molecular weight excluding hydrogens is 302 g/mol. The zero-order chi connectivity index (χ0) is 17.1. The molecule has 0 spiro atoms. The molecule has 3 heterocycles. The van der Waals surface area contributed by atoms with Gasteiger partial charge in [0.1, 0.15) is 5.82 Å². The molecule has 2 aliphatic heterocycles. The van der Waals surface area contributed by atoms with Crippen molar-refractivity contribution in [3.8, 4) is 0 Å². The lowest BCUT2D eigenvalue weighted by Crippen LogP contribution is -2.47. The number of nitrogens with one attached hydrogen (secondary N) is 3. The summed E-state index contributed by atoms with van der Waals surface area (Å²) < 4.78 is 0. The maximum atomic E-state index is 6.51. The van der Waals surface area contributed by atoms with Crippen LogP contribution < -0.4 is 22.1 Å². The van der Waals surface area contributed by atoms with Gasteiger partial charge in [0, 0.05) is 23.4 Å². The zero-order valence-corrected chi connectivity index (χ0v) is 14.1. The number of benzene rings is 1. The molecule has 2 atom stereocenters. The molecule has 7 heteroatoms. The second-order valence-corrected chi connectivity index (χ2v) is 7.39. The SMILES string of the molecule is CC1NC(C)(C)Cc2ccc(C3(N)N=Cc4c(n[nH]c4N)N3)cc21. The van der Waals surface area contributed by atoms with Gasteiger partial charge in [-0.15, -0.1) is 0 Å². The number of hydrogen-bond acceptors (Lipinski definition) is 6. The van der Waals surface area contributed by atoms with Crippen LogP contribution in [0.1, 0.15) is 49.1 Å². The van der Waals surface area contributed by atoms with Crippen molar-refractivity contribution in [2.75, 3.05) is 11.1 Å². The first kappa shape index (κ1) is 15.2. The number of H-pyrrole nitrogens is 1. The van der Waals surface area contributed by atoms with Gasteiger partial charge in [-0.05, 0) is 44.4 Å². The van der Waals surface area contributed by atoms with E-state index in [1.807, 2.05) is 6.07 Å². The first-order valence-corrected chi connectivity index (χ1v) is 8.14. The predicted molar refractivity (Wildman–Crippen MR) is 95.9 cm³/mol. The summed E-state index contributed by atoms with van der Waals surface area (Å²) in [6.07, 6.45) is 2.66. The minimum absolute atomic E-state index is 0.0943. The second-order valence-electron chi connectivity index (χ2n) is 7.39. The number of nitrogens with zero attached hydrogens (tertiary/aromatic N) is 2. The van der Waals surface area contributed by atoms with E-state index >= 15 is 0 Å². The van der Waals surface area contributed by atoms with Crippen LogP contribution in [0.5, 0.6) is 0 Å². The second kappa shape index (κ2) is 4.81. The van der Waals surface area contributed by atoms with Crippen LogP contribution in [-0.4, -0.2) is 22.0 Å². The van der Waals surface area contributed by atoms with Crippen molar-refractivity contribution in [3.05, 3.63) is 40.5 Å². The number of aromatic amines is 1. The minimum Gasteiger partial charge on any atom is -0.383 e. The molecule has 0 fully saturated rings. The summed E-state index contributed by atoms with van der Waals surface area (Å²) in [4.78, 5) is 4.49. The smallest absolute Gasteiger partial charge is 0.210 e. The average Bonchev–Trinajstić information content (AvgIpc) is 2.86. The van der Waals surface area contributed by atoms with Crippen LogP contribution >= 0.6 is 0 Å². The highest BCUT2D eigenvalue weighted by molar-refractivity contribution is 5.94. The lowest BCUT2D eigenvalue weighted by molar-refractivity contribution is 0.321. The summed E-state index contributed by atoms with van der Waals surface area (Å²) in [5.41, 5.74) is 16.7. The summed E-state index contributed by atoms with van der Waals surface area (Å²) in [5, 5.41) is 13.7. The van der Waals surface area contributed by atoms with Gasteiger partial charge < -0.3 is 16.4 Å². The summed E-state index contributed by atoms with van der Waals surface area (Å²) >= 11 is 0. The molecule has 2 aliphatic rings. The fraction of sp³-hybridized carbons (Fsp3) is 0.412. The largest absolute Gasteiger partial charge is 0.383 e. The van der Waals surface area contributed by atoms with Crippen molar-refractivity contribution >= 4 is 17.9 Å². The van der Waals surface area contributed by atoms with Crippen LogP contribution in [0, 0.1) is 0 Å². The molecule has 4 rings (SSSR count). The van der Waals surface area contributed by atoms with Crippen molar-refractivity contribution in [1.82, 2.24) is 15.5 Å². The number of aliphatic imine (C=N–C) groups is 1. The maximum absolute atomic E-state index is 6.51. The Labute approximate surface area is 140 Å². The number of fused-ring (bicyclic) bond motifs is 2. The highest BCUT2D eigenvalue weighted by Gasteiger charge is 2.34. The third-order valence-electron chi connectivity index (χ3n) is 4.83. The summed E-state index contributed by atoms with van der Waals surface area (Å²) in [6.45, 7) is 6.62. The van der Waals surface area contributed by atoms with E-state index in [0.717, 1.165) is 17.5 Å². The van der Waals surface area contributed by atoms with Crippen molar-refractivity contribution in [2.45, 2.75) is 44.6 Å². The van der Waals surface area contributed by atoms with Crippen LogP contribution in [0.4, 0.5) is 11.6 Å². The van der Waals surface area contributed by atoms with Gasteiger partial charge in [-0.2, -0.15) is 5.10 Å². The monoisotopic (exact) mass is 325 g/mol. The van der Waals surface area contributed by atoms with Gasteiger partial charge in [0.15, 0.2) is 5.82 Å². The molecule has 1 aromatic heterocycles.